The average Bonchev–Trinajstić information content (AvgIpc) is 2.54. The Bertz CT molecular complexity index is 295. The standard InChI is InChI=1S/C20H46O2SSi2/c1-9-13-17-21-24(5,6)19(15-11-3)23-20(16-12-4)25(7,8)22-18-14-10-2/h19-20H,9-18H2,1-8H3. The molecule has 0 saturated carbocycles. The number of thioether (sulfide) groups is 1. The second-order valence-corrected chi connectivity index (χ2v) is 18.9. The van der Waals surface area contributed by atoms with Crippen molar-refractivity contribution in [1.29, 1.82) is 0 Å². The summed E-state index contributed by atoms with van der Waals surface area (Å²) in [6, 6.07) is 0. The van der Waals surface area contributed by atoms with Crippen LogP contribution in [0.2, 0.25) is 26.2 Å². The minimum absolute atomic E-state index is 0.687. The van der Waals surface area contributed by atoms with Crippen LogP contribution in [0.1, 0.15) is 79.1 Å². The van der Waals surface area contributed by atoms with Crippen LogP contribution in [0, 0.1) is 0 Å². The molecule has 2 unspecified atom stereocenters. The zero-order chi connectivity index (χ0) is 19.3. The van der Waals surface area contributed by atoms with Crippen LogP contribution in [0.15, 0.2) is 0 Å². The first-order valence-electron chi connectivity index (χ1n) is 10.7. The third-order valence-electron chi connectivity index (χ3n) is 4.92. The van der Waals surface area contributed by atoms with Crippen molar-refractivity contribution >= 4 is 28.4 Å². The van der Waals surface area contributed by atoms with Crippen LogP contribution in [0.3, 0.4) is 0 Å². The van der Waals surface area contributed by atoms with Gasteiger partial charge in [-0.1, -0.05) is 53.4 Å². The fourth-order valence-corrected chi connectivity index (χ4v) is 12.3. The van der Waals surface area contributed by atoms with Gasteiger partial charge in [0.25, 0.3) is 0 Å². The highest BCUT2D eigenvalue weighted by atomic mass is 32.2. The van der Waals surface area contributed by atoms with Gasteiger partial charge in [0.1, 0.15) is 0 Å². The zero-order valence-electron chi connectivity index (χ0n) is 18.5. The van der Waals surface area contributed by atoms with Gasteiger partial charge in [-0.3, -0.25) is 0 Å². The maximum absolute atomic E-state index is 6.47. The maximum atomic E-state index is 6.47. The van der Waals surface area contributed by atoms with Gasteiger partial charge in [-0.05, 0) is 51.9 Å². The van der Waals surface area contributed by atoms with Gasteiger partial charge in [-0.25, -0.2) is 0 Å². The smallest absolute Gasteiger partial charge is 0.199 e. The van der Waals surface area contributed by atoms with E-state index in [1.54, 1.807) is 0 Å². The van der Waals surface area contributed by atoms with Crippen LogP contribution in [0.25, 0.3) is 0 Å². The van der Waals surface area contributed by atoms with Crippen LogP contribution in [-0.4, -0.2) is 39.6 Å². The third kappa shape index (κ3) is 10.6. The molecule has 0 spiro atoms. The Morgan fingerprint density at radius 3 is 1.28 bits per heavy atom. The molecular weight excluding hydrogens is 360 g/mol. The molecule has 0 aromatic heterocycles. The summed E-state index contributed by atoms with van der Waals surface area (Å²) in [4.78, 5) is 1.37. The Labute approximate surface area is 165 Å². The highest BCUT2D eigenvalue weighted by Gasteiger charge is 2.41. The van der Waals surface area contributed by atoms with Crippen molar-refractivity contribution in [1.82, 2.24) is 0 Å². The molecule has 0 radical (unpaired) electrons. The maximum Gasteiger partial charge on any atom is 0.199 e. The second kappa shape index (κ2) is 13.8. The van der Waals surface area contributed by atoms with Crippen molar-refractivity contribution in [2.75, 3.05) is 13.2 Å². The van der Waals surface area contributed by atoms with E-state index >= 15 is 0 Å². The molecule has 0 aliphatic heterocycles. The summed E-state index contributed by atoms with van der Waals surface area (Å²) in [6.07, 6.45) is 9.91. The summed E-state index contributed by atoms with van der Waals surface area (Å²) in [6.45, 7) is 20.8. The predicted molar refractivity (Wildman–Crippen MR) is 122 cm³/mol. The van der Waals surface area contributed by atoms with Gasteiger partial charge in [0.15, 0.2) is 16.6 Å². The van der Waals surface area contributed by atoms with Crippen molar-refractivity contribution < 1.29 is 8.85 Å². The summed E-state index contributed by atoms with van der Waals surface area (Å²) in [7, 11) is -3.34. The van der Waals surface area contributed by atoms with E-state index in [1.165, 1.54) is 51.4 Å². The Morgan fingerprint density at radius 1 is 0.640 bits per heavy atom. The van der Waals surface area contributed by atoms with E-state index in [0.29, 0.717) is 9.75 Å². The van der Waals surface area contributed by atoms with Crippen molar-refractivity contribution in [3.63, 3.8) is 0 Å². The van der Waals surface area contributed by atoms with E-state index in [2.05, 4.69) is 65.6 Å². The van der Waals surface area contributed by atoms with Crippen molar-refractivity contribution in [2.45, 2.75) is 115 Å². The van der Waals surface area contributed by atoms with Gasteiger partial charge in [0.05, 0.1) is 0 Å². The SMILES string of the molecule is CCCCO[Si](C)(C)C(CCC)SC(CCC)[Si](C)(C)OCCCC. The fraction of sp³-hybridized carbons (Fsp3) is 1.00. The van der Waals surface area contributed by atoms with Crippen LogP contribution in [-0.2, 0) is 8.85 Å². The molecule has 0 bridgehead atoms. The Kier molecular flexibility index (Phi) is 14.2. The van der Waals surface area contributed by atoms with Gasteiger partial charge in [0, 0.05) is 23.0 Å². The highest BCUT2D eigenvalue weighted by molar-refractivity contribution is 8.03. The van der Waals surface area contributed by atoms with Crippen molar-refractivity contribution in [3.05, 3.63) is 0 Å². The van der Waals surface area contributed by atoms with Gasteiger partial charge < -0.3 is 8.85 Å². The van der Waals surface area contributed by atoms with E-state index in [4.69, 9.17) is 8.85 Å². The summed E-state index contributed by atoms with van der Waals surface area (Å²) < 4.78 is 12.9. The van der Waals surface area contributed by atoms with Crippen molar-refractivity contribution in [3.8, 4) is 0 Å². The third-order valence-corrected chi connectivity index (χ3v) is 15.9. The van der Waals surface area contributed by atoms with Gasteiger partial charge >= 0.3 is 0 Å². The molecule has 0 aliphatic rings. The zero-order valence-corrected chi connectivity index (χ0v) is 21.3. The number of hydrogen-bond acceptors (Lipinski definition) is 3. The lowest BCUT2D eigenvalue weighted by Gasteiger charge is -2.39. The Morgan fingerprint density at radius 2 is 1.00 bits per heavy atom. The van der Waals surface area contributed by atoms with Crippen LogP contribution >= 0.6 is 11.8 Å². The van der Waals surface area contributed by atoms with E-state index in [-0.39, 0.29) is 0 Å². The second-order valence-electron chi connectivity index (χ2n) is 8.30. The summed E-state index contributed by atoms with van der Waals surface area (Å²) in [5, 5.41) is 0. The van der Waals surface area contributed by atoms with E-state index in [0.717, 1.165) is 13.2 Å². The fourth-order valence-electron chi connectivity index (χ4n) is 3.03. The number of hydrogen-bond donors (Lipinski definition) is 0. The van der Waals surface area contributed by atoms with Crippen LogP contribution in [0.5, 0.6) is 0 Å². The molecule has 5 heteroatoms. The highest BCUT2D eigenvalue weighted by Crippen LogP contribution is 2.37. The molecule has 0 aromatic carbocycles. The minimum Gasteiger partial charge on any atom is -0.416 e. The lowest BCUT2D eigenvalue weighted by atomic mass is 10.4. The molecule has 0 saturated heterocycles. The molecule has 2 nitrogen and oxygen atoms in total. The molecule has 0 heterocycles. The summed E-state index contributed by atoms with van der Waals surface area (Å²) in [5.74, 6) is 0. The molecule has 152 valence electrons. The topological polar surface area (TPSA) is 18.5 Å². The molecule has 0 N–H and O–H groups in total. The average molecular weight is 407 g/mol. The first-order chi connectivity index (χ1) is 11.7. The van der Waals surface area contributed by atoms with Gasteiger partial charge in [-0.15, -0.1) is 0 Å². The van der Waals surface area contributed by atoms with Crippen LogP contribution in [0.4, 0.5) is 0 Å². The van der Waals surface area contributed by atoms with Crippen LogP contribution < -0.4 is 0 Å². The van der Waals surface area contributed by atoms with E-state index in [9.17, 15) is 0 Å². The molecule has 25 heavy (non-hydrogen) atoms. The summed E-state index contributed by atoms with van der Waals surface area (Å²) >= 11 is 2.24. The monoisotopic (exact) mass is 406 g/mol. The molecule has 0 amide bonds. The van der Waals surface area contributed by atoms with E-state index in [1.807, 2.05) is 0 Å². The lowest BCUT2D eigenvalue weighted by Crippen LogP contribution is -2.49. The molecule has 0 aliphatic carbocycles. The predicted octanol–water partition coefficient (Wildman–Crippen LogP) is 7.18. The Balaban J connectivity index is 5.03. The van der Waals surface area contributed by atoms with Gasteiger partial charge in [-0.2, -0.15) is 11.8 Å². The largest absolute Gasteiger partial charge is 0.416 e. The quantitative estimate of drug-likeness (QED) is 0.200. The number of rotatable bonds is 16. The minimum atomic E-state index is -1.67. The van der Waals surface area contributed by atoms with Crippen molar-refractivity contribution in [2.24, 2.45) is 0 Å². The van der Waals surface area contributed by atoms with E-state index < -0.39 is 16.6 Å². The molecule has 0 rings (SSSR count). The molecular formula is C20H46O2SSi2. The molecule has 0 aromatic rings. The van der Waals surface area contributed by atoms with Gasteiger partial charge in [0.2, 0.25) is 0 Å². The lowest BCUT2D eigenvalue weighted by molar-refractivity contribution is 0.295. The summed E-state index contributed by atoms with van der Waals surface area (Å²) in [5.41, 5.74) is 0. The molecule has 2 atom stereocenters. The first kappa shape index (κ1) is 25.7. The number of unbranched alkanes of at least 4 members (excludes halogenated alkanes) is 2. The Hall–Kier alpha value is 0.704. The first-order valence-corrected chi connectivity index (χ1v) is 17.6. The molecule has 0 fully saturated rings. The normalized spacial score (nSPS) is 15.4.